The summed E-state index contributed by atoms with van der Waals surface area (Å²) in [4.78, 5) is 0. The molecule has 0 aromatic heterocycles. The van der Waals surface area contributed by atoms with Gasteiger partial charge in [-0.25, -0.2) is 0 Å². The Balaban J connectivity index is 2.86. The second kappa shape index (κ2) is 2.15. The van der Waals surface area contributed by atoms with Crippen LogP contribution in [0, 0.1) is 0 Å². The molecule has 0 N–H and O–H groups in total. The van der Waals surface area contributed by atoms with Gasteiger partial charge in [0.25, 0.3) is 0 Å². The van der Waals surface area contributed by atoms with E-state index in [-0.39, 0.29) is 0 Å². The molecular weight excluding hydrogens is 131 g/mol. The molecule has 50 valence electrons. The Morgan fingerprint density at radius 2 is 2.22 bits per heavy atom. The molecule has 0 aliphatic heterocycles. The molecule has 0 radical (unpaired) electrons. The standard InChI is InChI=1S/C7H11OP/c1-9(2,8)7-5-3-4-6-7/h3,5-6H,4H2,1-2H3. The highest BCUT2D eigenvalue weighted by Gasteiger charge is 2.12. The van der Waals surface area contributed by atoms with E-state index in [1.165, 1.54) is 0 Å². The highest BCUT2D eigenvalue weighted by Crippen LogP contribution is 2.48. The van der Waals surface area contributed by atoms with E-state index in [2.05, 4.69) is 0 Å². The van der Waals surface area contributed by atoms with E-state index in [1.54, 1.807) is 13.3 Å². The van der Waals surface area contributed by atoms with Gasteiger partial charge in [-0.15, -0.1) is 0 Å². The number of rotatable bonds is 1. The number of allylic oxidation sites excluding steroid dienone is 4. The van der Waals surface area contributed by atoms with E-state index < -0.39 is 7.14 Å². The zero-order valence-corrected chi connectivity index (χ0v) is 6.69. The lowest BCUT2D eigenvalue weighted by molar-refractivity contribution is 0.587. The van der Waals surface area contributed by atoms with Crippen molar-refractivity contribution in [3.05, 3.63) is 23.5 Å². The van der Waals surface area contributed by atoms with Crippen LogP contribution in [0.3, 0.4) is 0 Å². The summed E-state index contributed by atoms with van der Waals surface area (Å²) >= 11 is 0. The van der Waals surface area contributed by atoms with Gasteiger partial charge in [-0.3, -0.25) is 0 Å². The molecule has 0 saturated heterocycles. The van der Waals surface area contributed by atoms with Crippen LogP contribution < -0.4 is 0 Å². The lowest BCUT2D eigenvalue weighted by Crippen LogP contribution is -1.74. The monoisotopic (exact) mass is 142 g/mol. The Morgan fingerprint density at radius 3 is 2.44 bits per heavy atom. The van der Waals surface area contributed by atoms with Crippen LogP contribution in [0.25, 0.3) is 0 Å². The molecule has 0 unspecified atom stereocenters. The van der Waals surface area contributed by atoms with Crippen molar-refractivity contribution in [2.24, 2.45) is 0 Å². The summed E-state index contributed by atoms with van der Waals surface area (Å²) < 4.78 is 11.3. The molecule has 0 atom stereocenters. The van der Waals surface area contributed by atoms with Crippen molar-refractivity contribution in [2.45, 2.75) is 6.42 Å². The smallest absolute Gasteiger partial charge is 0.109 e. The summed E-state index contributed by atoms with van der Waals surface area (Å²) in [6.45, 7) is 3.60. The van der Waals surface area contributed by atoms with Crippen LogP contribution in [0.5, 0.6) is 0 Å². The van der Waals surface area contributed by atoms with Gasteiger partial charge in [0.1, 0.15) is 7.14 Å². The fourth-order valence-electron chi connectivity index (χ4n) is 0.845. The van der Waals surface area contributed by atoms with Crippen molar-refractivity contribution in [3.63, 3.8) is 0 Å². The second-order valence-electron chi connectivity index (χ2n) is 2.62. The molecule has 1 nitrogen and oxygen atoms in total. The summed E-state index contributed by atoms with van der Waals surface area (Å²) in [5, 5.41) is 1.03. The van der Waals surface area contributed by atoms with Crippen molar-refractivity contribution >= 4 is 7.14 Å². The van der Waals surface area contributed by atoms with Crippen molar-refractivity contribution in [1.29, 1.82) is 0 Å². The Hall–Kier alpha value is -0.290. The van der Waals surface area contributed by atoms with Crippen LogP contribution >= 0.6 is 7.14 Å². The molecule has 1 aliphatic carbocycles. The third-order valence-corrected chi connectivity index (χ3v) is 2.95. The predicted octanol–water partition coefficient (Wildman–Crippen LogP) is 2.45. The molecule has 0 fully saturated rings. The molecule has 0 saturated carbocycles. The maximum absolute atomic E-state index is 11.3. The van der Waals surface area contributed by atoms with Gasteiger partial charge in [0, 0.05) is 5.31 Å². The molecule has 1 rings (SSSR count). The Bertz CT molecular complexity index is 207. The summed E-state index contributed by atoms with van der Waals surface area (Å²) in [6, 6.07) is 0. The van der Waals surface area contributed by atoms with Crippen LogP contribution in [0.4, 0.5) is 0 Å². The Labute approximate surface area is 55.8 Å². The minimum atomic E-state index is -1.94. The van der Waals surface area contributed by atoms with Crippen molar-refractivity contribution < 1.29 is 4.57 Å². The normalized spacial score (nSPS) is 18.2. The first-order chi connectivity index (χ1) is 4.11. The van der Waals surface area contributed by atoms with Crippen molar-refractivity contribution in [3.8, 4) is 0 Å². The molecule has 9 heavy (non-hydrogen) atoms. The maximum Gasteiger partial charge on any atom is 0.109 e. The van der Waals surface area contributed by atoms with Gasteiger partial charge in [0.15, 0.2) is 0 Å². The first-order valence-corrected chi connectivity index (χ1v) is 5.63. The molecule has 2 heteroatoms. The van der Waals surface area contributed by atoms with Gasteiger partial charge in [0.05, 0.1) is 0 Å². The largest absolute Gasteiger partial charge is 0.319 e. The van der Waals surface area contributed by atoms with E-state index in [1.807, 2.05) is 18.2 Å². The maximum atomic E-state index is 11.3. The summed E-state index contributed by atoms with van der Waals surface area (Å²) in [7, 11) is -1.94. The molecule has 0 spiro atoms. The topological polar surface area (TPSA) is 17.1 Å². The van der Waals surface area contributed by atoms with Crippen LogP contribution in [-0.2, 0) is 4.57 Å². The first kappa shape index (κ1) is 6.82. The molecule has 0 bridgehead atoms. The minimum Gasteiger partial charge on any atom is -0.319 e. The average molecular weight is 142 g/mol. The zero-order chi connectivity index (χ0) is 6.91. The number of hydrogen-bond acceptors (Lipinski definition) is 1. The fourth-order valence-corrected chi connectivity index (χ4v) is 1.85. The van der Waals surface area contributed by atoms with Crippen LogP contribution in [0.2, 0.25) is 0 Å². The van der Waals surface area contributed by atoms with Crippen molar-refractivity contribution in [2.75, 3.05) is 13.3 Å². The van der Waals surface area contributed by atoms with E-state index in [9.17, 15) is 4.57 Å². The number of hydrogen-bond donors (Lipinski definition) is 0. The molecule has 0 amide bonds. The fraction of sp³-hybridized carbons (Fsp3) is 0.429. The zero-order valence-electron chi connectivity index (χ0n) is 5.79. The lowest BCUT2D eigenvalue weighted by atomic mass is 10.5. The predicted molar refractivity (Wildman–Crippen MR) is 41.3 cm³/mol. The van der Waals surface area contributed by atoms with Gasteiger partial charge in [0.2, 0.25) is 0 Å². The van der Waals surface area contributed by atoms with Crippen LogP contribution in [0.15, 0.2) is 23.5 Å². The van der Waals surface area contributed by atoms with Gasteiger partial charge in [-0.2, -0.15) is 0 Å². The third-order valence-electron chi connectivity index (χ3n) is 1.37. The van der Waals surface area contributed by atoms with Gasteiger partial charge >= 0.3 is 0 Å². The first-order valence-electron chi connectivity index (χ1n) is 3.03. The quantitative estimate of drug-likeness (QED) is 0.514. The van der Waals surface area contributed by atoms with Gasteiger partial charge < -0.3 is 4.57 Å². The summed E-state index contributed by atoms with van der Waals surface area (Å²) in [5.41, 5.74) is 0. The highest BCUT2D eigenvalue weighted by atomic mass is 31.2. The second-order valence-corrected chi connectivity index (χ2v) is 5.84. The van der Waals surface area contributed by atoms with Crippen molar-refractivity contribution in [1.82, 2.24) is 0 Å². The Morgan fingerprint density at radius 1 is 1.56 bits per heavy atom. The van der Waals surface area contributed by atoms with E-state index >= 15 is 0 Å². The third kappa shape index (κ3) is 1.56. The van der Waals surface area contributed by atoms with Crippen LogP contribution in [-0.4, -0.2) is 13.3 Å². The summed E-state index contributed by atoms with van der Waals surface area (Å²) in [6.07, 6.45) is 6.98. The molecule has 0 aromatic rings. The van der Waals surface area contributed by atoms with Gasteiger partial charge in [-0.05, 0) is 19.8 Å². The molecule has 1 aliphatic rings. The van der Waals surface area contributed by atoms with Crippen LogP contribution in [0.1, 0.15) is 6.42 Å². The molecule has 0 heterocycles. The molecular formula is C7H11OP. The molecule has 0 aromatic carbocycles. The van der Waals surface area contributed by atoms with E-state index in [4.69, 9.17) is 0 Å². The highest BCUT2D eigenvalue weighted by molar-refractivity contribution is 7.66. The summed E-state index contributed by atoms with van der Waals surface area (Å²) in [5.74, 6) is 0. The average Bonchev–Trinajstić information content (AvgIpc) is 2.08. The lowest BCUT2D eigenvalue weighted by Gasteiger charge is -2.03. The van der Waals surface area contributed by atoms with E-state index in [0.717, 1.165) is 11.7 Å². The Kier molecular flexibility index (Phi) is 1.63. The van der Waals surface area contributed by atoms with E-state index in [0.29, 0.717) is 0 Å². The van der Waals surface area contributed by atoms with Gasteiger partial charge in [-0.1, -0.05) is 18.2 Å². The SMILES string of the molecule is CP(C)(=O)C1=CCC=C1. The minimum absolute atomic E-state index is 0.959.